The Balaban J connectivity index is 1.27. The maximum Gasteiger partial charge on any atom is 0.245 e. The third-order valence-electron chi connectivity index (χ3n) is 5.04. The van der Waals surface area contributed by atoms with E-state index < -0.39 is 0 Å². The Morgan fingerprint density at radius 1 is 1.16 bits per heavy atom. The average molecular weight is 344 g/mol. The molecule has 0 N–H and O–H groups in total. The molecular formula is C17H24N6O2. The van der Waals surface area contributed by atoms with Crippen molar-refractivity contribution in [3.8, 4) is 5.88 Å². The molecule has 8 heteroatoms. The number of piperazine rings is 1. The molecule has 1 aliphatic heterocycles. The lowest BCUT2D eigenvalue weighted by Gasteiger charge is -2.34. The van der Waals surface area contributed by atoms with Crippen LogP contribution in [0.4, 0.5) is 0 Å². The summed E-state index contributed by atoms with van der Waals surface area (Å²) in [4.78, 5) is 29.3. The molecule has 0 aromatic carbocycles. The fourth-order valence-electron chi connectivity index (χ4n) is 3.42. The molecule has 2 aromatic rings. The molecule has 2 aromatic heterocycles. The van der Waals surface area contributed by atoms with Gasteiger partial charge in [0, 0.05) is 38.6 Å². The summed E-state index contributed by atoms with van der Waals surface area (Å²) in [5.74, 6) is 1.22. The summed E-state index contributed by atoms with van der Waals surface area (Å²) >= 11 is 0. The number of nitrogens with zero attached hydrogens (tertiary/aromatic N) is 6. The zero-order chi connectivity index (χ0) is 17.2. The van der Waals surface area contributed by atoms with Crippen LogP contribution < -0.4 is 4.74 Å². The van der Waals surface area contributed by atoms with Gasteiger partial charge in [-0.15, -0.1) is 0 Å². The first-order valence-corrected chi connectivity index (χ1v) is 8.97. The van der Waals surface area contributed by atoms with Crippen molar-refractivity contribution in [1.29, 1.82) is 0 Å². The minimum absolute atomic E-state index is 0.333. The highest BCUT2D eigenvalue weighted by molar-refractivity contribution is 5.81. The van der Waals surface area contributed by atoms with Gasteiger partial charge in [-0.25, -0.2) is 9.97 Å². The third-order valence-corrected chi connectivity index (χ3v) is 5.04. The second kappa shape index (κ2) is 6.95. The van der Waals surface area contributed by atoms with Crippen molar-refractivity contribution in [2.24, 2.45) is 5.92 Å². The summed E-state index contributed by atoms with van der Waals surface area (Å²) in [6.45, 7) is 5.56. The Hall–Kier alpha value is -2.22. The van der Waals surface area contributed by atoms with Crippen LogP contribution in [0.5, 0.6) is 5.88 Å². The summed E-state index contributed by atoms with van der Waals surface area (Å²) in [6.07, 6.45) is 6.51. The van der Waals surface area contributed by atoms with Crippen molar-refractivity contribution < 1.29 is 9.53 Å². The fourth-order valence-corrected chi connectivity index (χ4v) is 3.42. The Bertz CT molecular complexity index is 749. The molecule has 1 amide bonds. The normalized spacial score (nSPS) is 18.7. The van der Waals surface area contributed by atoms with E-state index >= 15 is 0 Å². The van der Waals surface area contributed by atoms with Gasteiger partial charge in [-0.3, -0.25) is 9.69 Å². The van der Waals surface area contributed by atoms with Crippen LogP contribution in [0, 0.1) is 5.92 Å². The van der Waals surface area contributed by atoms with Gasteiger partial charge in [-0.05, 0) is 25.8 Å². The molecule has 1 saturated carbocycles. The van der Waals surface area contributed by atoms with E-state index in [1.807, 2.05) is 9.47 Å². The zero-order valence-corrected chi connectivity index (χ0v) is 14.6. The standard InChI is InChI=1S/C17H24N6O2/c1-25-16-14-15(18-11-19-16)23(12-20-14)6-2-5-21-7-9-22(10-8-21)17(24)13-3-4-13/h11-13H,2-10H2,1H3. The number of aryl methyl sites for hydroxylation is 1. The van der Waals surface area contributed by atoms with Crippen molar-refractivity contribution in [3.05, 3.63) is 12.7 Å². The first-order valence-electron chi connectivity index (χ1n) is 8.97. The molecule has 1 saturated heterocycles. The minimum atomic E-state index is 0.333. The average Bonchev–Trinajstić information content (AvgIpc) is 3.42. The van der Waals surface area contributed by atoms with Crippen LogP contribution in [0.1, 0.15) is 19.3 Å². The number of amides is 1. The molecule has 2 aliphatic rings. The maximum absolute atomic E-state index is 12.1. The molecule has 1 aliphatic carbocycles. The number of carbonyl (C=O) groups is 1. The molecule has 3 heterocycles. The number of methoxy groups -OCH3 is 1. The monoisotopic (exact) mass is 344 g/mol. The lowest BCUT2D eigenvalue weighted by atomic mass is 10.2. The van der Waals surface area contributed by atoms with Gasteiger partial charge >= 0.3 is 0 Å². The van der Waals surface area contributed by atoms with E-state index in [-0.39, 0.29) is 0 Å². The van der Waals surface area contributed by atoms with Gasteiger partial charge in [0.1, 0.15) is 6.33 Å². The molecule has 8 nitrogen and oxygen atoms in total. The lowest BCUT2D eigenvalue weighted by molar-refractivity contribution is -0.134. The Labute approximate surface area is 146 Å². The van der Waals surface area contributed by atoms with Crippen molar-refractivity contribution in [3.63, 3.8) is 0 Å². The lowest BCUT2D eigenvalue weighted by Crippen LogP contribution is -2.49. The molecule has 2 fully saturated rings. The predicted octanol–water partition coefficient (Wildman–Crippen LogP) is 0.779. The number of imidazole rings is 1. The van der Waals surface area contributed by atoms with Crippen LogP contribution >= 0.6 is 0 Å². The van der Waals surface area contributed by atoms with Crippen LogP contribution in [0.25, 0.3) is 11.2 Å². The van der Waals surface area contributed by atoms with Crippen LogP contribution in [-0.2, 0) is 11.3 Å². The number of carbonyl (C=O) groups excluding carboxylic acids is 1. The molecule has 0 bridgehead atoms. The summed E-state index contributed by atoms with van der Waals surface area (Å²) in [5, 5.41) is 0. The van der Waals surface area contributed by atoms with Gasteiger partial charge in [0.15, 0.2) is 11.2 Å². The number of aromatic nitrogens is 4. The van der Waals surface area contributed by atoms with Crippen LogP contribution in [0.2, 0.25) is 0 Å². The second-order valence-corrected chi connectivity index (χ2v) is 6.79. The van der Waals surface area contributed by atoms with E-state index in [4.69, 9.17) is 4.74 Å². The van der Waals surface area contributed by atoms with Crippen molar-refractivity contribution >= 4 is 17.1 Å². The highest BCUT2D eigenvalue weighted by Crippen LogP contribution is 2.31. The molecular weight excluding hydrogens is 320 g/mol. The van der Waals surface area contributed by atoms with E-state index in [1.165, 1.54) is 6.33 Å². The fraction of sp³-hybridized carbons (Fsp3) is 0.647. The molecule has 134 valence electrons. The molecule has 4 rings (SSSR count). The Kier molecular flexibility index (Phi) is 4.52. The number of hydrogen-bond donors (Lipinski definition) is 0. The summed E-state index contributed by atoms with van der Waals surface area (Å²) in [5.41, 5.74) is 1.52. The van der Waals surface area contributed by atoms with Crippen LogP contribution in [0.15, 0.2) is 12.7 Å². The van der Waals surface area contributed by atoms with E-state index in [9.17, 15) is 4.79 Å². The molecule has 25 heavy (non-hydrogen) atoms. The number of hydrogen-bond acceptors (Lipinski definition) is 6. The molecule has 0 unspecified atom stereocenters. The highest BCUT2D eigenvalue weighted by atomic mass is 16.5. The quantitative estimate of drug-likeness (QED) is 0.771. The molecule has 0 radical (unpaired) electrons. The van der Waals surface area contributed by atoms with E-state index in [0.29, 0.717) is 23.2 Å². The maximum atomic E-state index is 12.1. The van der Waals surface area contributed by atoms with Gasteiger partial charge in [-0.2, -0.15) is 4.98 Å². The largest absolute Gasteiger partial charge is 0.479 e. The zero-order valence-electron chi connectivity index (χ0n) is 14.6. The molecule has 0 spiro atoms. The highest BCUT2D eigenvalue weighted by Gasteiger charge is 2.34. The summed E-state index contributed by atoms with van der Waals surface area (Å²) in [7, 11) is 1.59. The molecule has 0 atom stereocenters. The smallest absolute Gasteiger partial charge is 0.245 e. The van der Waals surface area contributed by atoms with Gasteiger partial charge in [0.2, 0.25) is 11.8 Å². The topological polar surface area (TPSA) is 76.4 Å². The Morgan fingerprint density at radius 2 is 1.96 bits per heavy atom. The van der Waals surface area contributed by atoms with Crippen LogP contribution in [-0.4, -0.2) is 75.1 Å². The van der Waals surface area contributed by atoms with E-state index in [1.54, 1.807) is 13.4 Å². The second-order valence-electron chi connectivity index (χ2n) is 6.79. The van der Waals surface area contributed by atoms with Crippen molar-refractivity contribution in [2.75, 3.05) is 39.8 Å². The van der Waals surface area contributed by atoms with E-state index in [0.717, 1.165) is 64.2 Å². The van der Waals surface area contributed by atoms with Crippen molar-refractivity contribution in [1.82, 2.24) is 29.3 Å². The Morgan fingerprint density at radius 3 is 2.68 bits per heavy atom. The predicted molar refractivity (Wildman–Crippen MR) is 92.2 cm³/mol. The number of fused-ring (bicyclic) bond motifs is 1. The van der Waals surface area contributed by atoms with Gasteiger partial charge in [0.25, 0.3) is 0 Å². The summed E-state index contributed by atoms with van der Waals surface area (Å²) < 4.78 is 7.27. The van der Waals surface area contributed by atoms with Gasteiger partial charge in [0.05, 0.1) is 13.4 Å². The SMILES string of the molecule is COc1ncnc2c1ncn2CCCN1CCN(C(=O)C2CC2)CC1. The minimum Gasteiger partial charge on any atom is -0.479 e. The van der Waals surface area contributed by atoms with E-state index in [2.05, 4.69) is 19.9 Å². The van der Waals surface area contributed by atoms with Gasteiger partial charge in [-0.1, -0.05) is 0 Å². The first kappa shape index (κ1) is 16.3. The number of ether oxygens (including phenoxy) is 1. The number of rotatable bonds is 6. The van der Waals surface area contributed by atoms with Crippen LogP contribution in [0.3, 0.4) is 0 Å². The third kappa shape index (κ3) is 3.44. The summed E-state index contributed by atoms with van der Waals surface area (Å²) in [6, 6.07) is 0. The first-order chi connectivity index (χ1) is 12.3. The van der Waals surface area contributed by atoms with Crippen molar-refractivity contribution in [2.45, 2.75) is 25.8 Å². The van der Waals surface area contributed by atoms with Gasteiger partial charge < -0.3 is 14.2 Å².